The summed E-state index contributed by atoms with van der Waals surface area (Å²) in [5.74, 6) is -0.307. The van der Waals surface area contributed by atoms with Crippen LogP contribution in [0.2, 0.25) is 0 Å². The summed E-state index contributed by atoms with van der Waals surface area (Å²) in [6.07, 6.45) is 0.304. The van der Waals surface area contributed by atoms with E-state index in [1.807, 2.05) is 0 Å². The molecule has 0 spiro atoms. The van der Waals surface area contributed by atoms with Crippen LogP contribution in [0.15, 0.2) is 18.2 Å². The highest BCUT2D eigenvalue weighted by Gasteiger charge is 2.11. The van der Waals surface area contributed by atoms with Crippen LogP contribution in [0, 0.1) is 0 Å². The minimum absolute atomic E-state index is 0.0861. The molecular weight excluding hydrogens is 204 g/mol. The van der Waals surface area contributed by atoms with Gasteiger partial charge in [0.05, 0.1) is 5.69 Å². The number of nitrogen functional groups attached to an aromatic ring is 1. The maximum atomic E-state index is 12.0. The maximum absolute atomic E-state index is 12.0. The van der Waals surface area contributed by atoms with Gasteiger partial charge in [-0.15, -0.1) is 0 Å². The maximum Gasteiger partial charge on any atom is 0.387 e. The molecule has 0 saturated carbocycles. The average molecular weight is 215 g/mol. The summed E-state index contributed by atoms with van der Waals surface area (Å²) in [4.78, 5) is 11.3. The Kier molecular flexibility index (Phi) is 3.60. The largest absolute Gasteiger partial charge is 0.433 e. The van der Waals surface area contributed by atoms with Gasteiger partial charge in [-0.25, -0.2) is 0 Å². The summed E-state index contributed by atoms with van der Waals surface area (Å²) in [5.41, 5.74) is 5.82. The highest BCUT2D eigenvalue weighted by Crippen LogP contribution is 2.25. The Morgan fingerprint density at radius 1 is 1.53 bits per heavy atom. The summed E-state index contributed by atoms with van der Waals surface area (Å²) in [7, 11) is 0. The quantitative estimate of drug-likeness (QED) is 0.620. The number of nitrogens with two attached hydrogens (primary N) is 1. The van der Waals surface area contributed by atoms with Crippen LogP contribution in [0.5, 0.6) is 5.75 Å². The summed E-state index contributed by atoms with van der Waals surface area (Å²) in [6.45, 7) is -1.26. The van der Waals surface area contributed by atoms with Crippen molar-refractivity contribution in [2.45, 2.75) is 20.0 Å². The molecule has 1 aromatic carbocycles. The van der Waals surface area contributed by atoms with Crippen LogP contribution in [0.3, 0.4) is 0 Å². The minimum atomic E-state index is -2.95. The summed E-state index contributed by atoms with van der Waals surface area (Å²) < 4.78 is 28.1. The second kappa shape index (κ2) is 4.72. The Morgan fingerprint density at radius 2 is 2.20 bits per heavy atom. The normalized spacial score (nSPS) is 10.4. The molecule has 0 heterocycles. The van der Waals surface area contributed by atoms with Crippen LogP contribution in [0.1, 0.15) is 23.7 Å². The number of benzene rings is 1. The summed E-state index contributed by atoms with van der Waals surface area (Å²) in [5, 5.41) is 0. The number of carbonyl (C=O) groups excluding carboxylic acids is 1. The smallest absolute Gasteiger partial charge is 0.387 e. The molecule has 0 aliphatic heterocycles. The first kappa shape index (κ1) is 11.4. The summed E-state index contributed by atoms with van der Waals surface area (Å²) >= 11 is 0. The van der Waals surface area contributed by atoms with Gasteiger partial charge < -0.3 is 10.5 Å². The Hall–Kier alpha value is -1.65. The van der Waals surface area contributed by atoms with Gasteiger partial charge in [0.15, 0.2) is 5.78 Å². The lowest BCUT2D eigenvalue weighted by Crippen LogP contribution is -2.06. The van der Waals surface area contributed by atoms with E-state index in [1.165, 1.54) is 18.2 Å². The van der Waals surface area contributed by atoms with Crippen molar-refractivity contribution in [3.8, 4) is 5.75 Å². The molecule has 0 aliphatic rings. The van der Waals surface area contributed by atoms with Gasteiger partial charge in [-0.3, -0.25) is 4.79 Å². The third kappa shape index (κ3) is 2.90. The number of alkyl halides is 2. The van der Waals surface area contributed by atoms with Crippen molar-refractivity contribution < 1.29 is 18.3 Å². The third-order valence-corrected chi connectivity index (χ3v) is 1.87. The van der Waals surface area contributed by atoms with E-state index in [1.54, 1.807) is 6.92 Å². The predicted octanol–water partition coefficient (Wildman–Crippen LogP) is 2.46. The number of ether oxygens (including phenoxy) is 1. The fourth-order valence-electron chi connectivity index (χ4n) is 1.11. The van der Waals surface area contributed by atoms with Gasteiger partial charge in [-0.1, -0.05) is 6.92 Å². The molecule has 5 heteroatoms. The van der Waals surface area contributed by atoms with E-state index in [4.69, 9.17) is 5.73 Å². The molecule has 0 saturated heterocycles. The van der Waals surface area contributed by atoms with Crippen molar-refractivity contribution in [3.63, 3.8) is 0 Å². The van der Waals surface area contributed by atoms with Gasteiger partial charge in [0.25, 0.3) is 0 Å². The van der Waals surface area contributed by atoms with Crippen LogP contribution in [0.25, 0.3) is 0 Å². The predicted molar refractivity (Wildman–Crippen MR) is 52.1 cm³/mol. The number of anilines is 1. The molecule has 1 aromatic rings. The Morgan fingerprint density at radius 3 is 2.73 bits per heavy atom. The fraction of sp³-hybridized carbons (Fsp3) is 0.300. The second-order valence-corrected chi connectivity index (χ2v) is 2.91. The van der Waals surface area contributed by atoms with Crippen LogP contribution >= 0.6 is 0 Å². The molecule has 0 unspecified atom stereocenters. The lowest BCUT2D eigenvalue weighted by atomic mass is 10.1. The number of carbonyl (C=O) groups is 1. The van der Waals surface area contributed by atoms with Crippen molar-refractivity contribution in [1.82, 2.24) is 0 Å². The molecule has 0 amide bonds. The van der Waals surface area contributed by atoms with Crippen LogP contribution < -0.4 is 10.5 Å². The van der Waals surface area contributed by atoms with Crippen molar-refractivity contribution in [1.29, 1.82) is 0 Å². The number of Topliss-reactive ketones (excluding diaryl/α,β-unsaturated/α-hetero) is 1. The zero-order chi connectivity index (χ0) is 11.4. The number of hydrogen-bond donors (Lipinski definition) is 1. The van der Waals surface area contributed by atoms with E-state index in [2.05, 4.69) is 4.74 Å². The fourth-order valence-corrected chi connectivity index (χ4v) is 1.11. The molecule has 1 rings (SSSR count). The zero-order valence-electron chi connectivity index (χ0n) is 8.17. The first-order valence-electron chi connectivity index (χ1n) is 4.42. The number of rotatable bonds is 4. The van der Waals surface area contributed by atoms with Gasteiger partial charge in [0, 0.05) is 12.0 Å². The zero-order valence-corrected chi connectivity index (χ0v) is 8.17. The van der Waals surface area contributed by atoms with Crippen LogP contribution in [0.4, 0.5) is 14.5 Å². The van der Waals surface area contributed by atoms with Gasteiger partial charge in [-0.2, -0.15) is 8.78 Å². The lowest BCUT2D eigenvalue weighted by molar-refractivity contribution is -0.0493. The number of ketones is 1. The van der Waals surface area contributed by atoms with Crippen molar-refractivity contribution in [2.24, 2.45) is 0 Å². The monoisotopic (exact) mass is 215 g/mol. The van der Waals surface area contributed by atoms with Crippen LogP contribution in [-0.2, 0) is 0 Å². The van der Waals surface area contributed by atoms with E-state index in [9.17, 15) is 13.6 Å². The van der Waals surface area contributed by atoms with E-state index in [-0.39, 0.29) is 17.2 Å². The lowest BCUT2D eigenvalue weighted by Gasteiger charge is -2.08. The highest BCUT2D eigenvalue weighted by molar-refractivity contribution is 5.96. The number of halogens is 2. The van der Waals surface area contributed by atoms with Crippen LogP contribution in [-0.4, -0.2) is 12.4 Å². The van der Waals surface area contributed by atoms with Gasteiger partial charge in [0.1, 0.15) is 5.75 Å². The Bertz CT molecular complexity index is 366. The molecule has 82 valence electrons. The molecule has 3 nitrogen and oxygen atoms in total. The van der Waals surface area contributed by atoms with E-state index in [0.29, 0.717) is 12.0 Å². The topological polar surface area (TPSA) is 52.3 Å². The first-order chi connectivity index (χ1) is 7.04. The SMILES string of the molecule is CCC(=O)c1ccc(N)c(OC(F)F)c1. The molecule has 0 radical (unpaired) electrons. The highest BCUT2D eigenvalue weighted by atomic mass is 19.3. The van der Waals surface area contributed by atoms with E-state index < -0.39 is 6.61 Å². The first-order valence-corrected chi connectivity index (χ1v) is 4.42. The minimum Gasteiger partial charge on any atom is -0.433 e. The molecule has 0 bridgehead atoms. The molecule has 0 aromatic heterocycles. The Labute approximate surface area is 85.8 Å². The molecule has 0 fully saturated rings. The number of hydrogen-bond acceptors (Lipinski definition) is 3. The van der Waals surface area contributed by atoms with Crippen molar-refractivity contribution in [3.05, 3.63) is 23.8 Å². The summed E-state index contributed by atoms with van der Waals surface area (Å²) in [6, 6.07) is 4.09. The Balaban J connectivity index is 2.99. The molecule has 15 heavy (non-hydrogen) atoms. The van der Waals surface area contributed by atoms with E-state index in [0.717, 1.165) is 0 Å². The van der Waals surface area contributed by atoms with Gasteiger partial charge >= 0.3 is 6.61 Å². The van der Waals surface area contributed by atoms with Crippen molar-refractivity contribution in [2.75, 3.05) is 5.73 Å². The van der Waals surface area contributed by atoms with Gasteiger partial charge in [0.2, 0.25) is 0 Å². The molecule has 0 aliphatic carbocycles. The third-order valence-electron chi connectivity index (χ3n) is 1.87. The standard InChI is InChI=1S/C10H11F2NO2/c1-2-8(14)6-3-4-7(13)9(5-6)15-10(11)12/h3-5,10H,2,13H2,1H3. The van der Waals surface area contributed by atoms with E-state index >= 15 is 0 Å². The molecule has 0 atom stereocenters. The molecule has 2 N–H and O–H groups in total. The van der Waals surface area contributed by atoms with Crippen molar-refractivity contribution >= 4 is 11.5 Å². The average Bonchev–Trinajstić information content (AvgIpc) is 2.19. The molecular formula is C10H11F2NO2. The second-order valence-electron chi connectivity index (χ2n) is 2.91. The van der Waals surface area contributed by atoms with Gasteiger partial charge in [-0.05, 0) is 18.2 Å².